The molecule has 12 aromatic rings. The molecule has 77 heavy (non-hydrogen) atoms. The van der Waals surface area contributed by atoms with Gasteiger partial charge in [-0.1, -0.05) is 196 Å². The maximum atomic E-state index is 9.29. The van der Waals surface area contributed by atoms with Gasteiger partial charge in [0.2, 0.25) is 0 Å². The van der Waals surface area contributed by atoms with E-state index in [1.165, 1.54) is 0 Å². The van der Waals surface area contributed by atoms with E-state index in [2.05, 4.69) is 54.6 Å². The summed E-state index contributed by atoms with van der Waals surface area (Å²) in [6.45, 7) is 7.59. The van der Waals surface area contributed by atoms with Crippen molar-refractivity contribution in [2.75, 3.05) is 9.80 Å². The summed E-state index contributed by atoms with van der Waals surface area (Å²) in [4.78, 5) is 8.55. The van der Waals surface area contributed by atoms with Crippen molar-refractivity contribution < 1.29 is 44.2 Å². The monoisotopic (exact) mass is 1180 g/mol. The third kappa shape index (κ3) is 9.36. The number of para-hydroxylation sites is 4. The Hall–Kier alpha value is -8.96. The van der Waals surface area contributed by atoms with Gasteiger partial charge in [-0.05, 0) is 75.0 Å². The second-order valence-corrected chi connectivity index (χ2v) is 19.3. The van der Waals surface area contributed by atoms with E-state index in [0.717, 1.165) is 38.5 Å². The van der Waals surface area contributed by atoms with E-state index in [-0.39, 0.29) is 49.0 Å². The van der Waals surface area contributed by atoms with Crippen LogP contribution in [0.2, 0.25) is 0 Å². The maximum absolute atomic E-state index is 9.29. The van der Waals surface area contributed by atoms with Gasteiger partial charge < -0.3 is 23.8 Å². The fourth-order valence-electron chi connectivity index (χ4n) is 9.93. The number of benzene rings is 10. The normalized spacial score (nSPS) is 14.0. The number of hydrogen-bond donors (Lipinski definition) is 0. The number of pyridine rings is 1. The van der Waals surface area contributed by atoms with Gasteiger partial charge in [-0.2, -0.15) is 12.1 Å². The van der Waals surface area contributed by atoms with E-state index in [1.807, 2.05) is 152 Å². The van der Waals surface area contributed by atoms with Crippen LogP contribution >= 0.6 is 0 Å². The molecular formula is C70H51N4O2Pt-3. The van der Waals surface area contributed by atoms with Gasteiger partial charge in [0.1, 0.15) is 17.3 Å². The summed E-state index contributed by atoms with van der Waals surface area (Å²) in [5.74, 6) is 2.62. The van der Waals surface area contributed by atoms with Gasteiger partial charge >= 0.3 is 0 Å². The van der Waals surface area contributed by atoms with Crippen LogP contribution in [-0.2, 0) is 26.5 Å². The molecule has 3 heterocycles. The Morgan fingerprint density at radius 1 is 0.506 bits per heavy atom. The average molecular weight is 1190 g/mol. The van der Waals surface area contributed by atoms with Gasteiger partial charge in [-0.25, -0.2) is 4.98 Å². The molecule has 10 aromatic carbocycles. The van der Waals surface area contributed by atoms with Gasteiger partial charge in [-0.3, -0.25) is 0 Å². The second-order valence-electron chi connectivity index (χ2n) is 19.3. The first kappa shape index (κ1) is 38.6. The first-order valence-electron chi connectivity index (χ1n) is 29.9. The molecular weight excluding hydrogens is 1120 g/mol. The summed E-state index contributed by atoms with van der Waals surface area (Å²) in [6.07, 6.45) is 1.74. The first-order chi connectivity index (χ1) is 41.5. The van der Waals surface area contributed by atoms with Crippen LogP contribution in [0.1, 0.15) is 40.0 Å². The molecule has 0 radical (unpaired) electrons. The van der Waals surface area contributed by atoms with Crippen LogP contribution in [0.25, 0.3) is 72.1 Å². The van der Waals surface area contributed by atoms with E-state index < -0.39 is 65.8 Å². The molecule has 0 saturated heterocycles. The zero-order valence-corrected chi connectivity index (χ0v) is 44.2. The van der Waals surface area contributed by atoms with Crippen LogP contribution in [0.4, 0.5) is 22.7 Å². The number of anilines is 4. The number of hydrogen-bond acceptors (Lipinski definition) is 5. The third-order valence-electron chi connectivity index (χ3n) is 13.5. The Balaban J connectivity index is 0.00000739. The second kappa shape index (κ2) is 20.6. The number of ether oxygens (including phenoxy) is 2. The molecule has 7 heteroatoms. The van der Waals surface area contributed by atoms with Crippen molar-refractivity contribution >= 4 is 44.6 Å². The molecule has 13 rings (SSSR count). The maximum Gasteiger partial charge on any atom is 0.143 e. The van der Waals surface area contributed by atoms with Crippen molar-refractivity contribution in [2.45, 2.75) is 26.2 Å². The first-order valence-corrected chi connectivity index (χ1v) is 24.9. The Morgan fingerprint density at radius 3 is 1.74 bits per heavy atom. The molecule has 0 amide bonds. The molecule has 0 atom stereocenters. The van der Waals surface area contributed by atoms with E-state index in [4.69, 9.17) is 22.7 Å². The molecule has 0 aliphatic carbocycles. The van der Waals surface area contributed by atoms with Crippen molar-refractivity contribution in [3.8, 4) is 73.3 Å². The molecule has 0 N–H and O–H groups in total. The number of aromatic nitrogens is 2. The molecule has 0 fully saturated rings. The van der Waals surface area contributed by atoms with Crippen LogP contribution in [0.5, 0.6) is 23.0 Å². The molecule has 376 valence electrons. The predicted octanol–water partition coefficient (Wildman–Crippen LogP) is 18.7. The summed E-state index contributed by atoms with van der Waals surface area (Å²) in [5, 5.41) is 1.91. The van der Waals surface area contributed by atoms with Gasteiger partial charge in [0.25, 0.3) is 0 Å². The minimum atomic E-state index is -0.643. The zero-order chi connectivity index (χ0) is 59.9. The van der Waals surface area contributed by atoms with Crippen LogP contribution in [-0.4, -0.2) is 9.55 Å². The third-order valence-corrected chi connectivity index (χ3v) is 13.5. The average Bonchev–Trinajstić information content (AvgIpc) is 1.77. The van der Waals surface area contributed by atoms with Crippen molar-refractivity contribution in [3.63, 3.8) is 0 Å². The molecule has 1 aliphatic rings. The summed E-state index contributed by atoms with van der Waals surface area (Å²) < 4.78 is 105. The minimum absolute atomic E-state index is 0. The Morgan fingerprint density at radius 2 is 1.09 bits per heavy atom. The van der Waals surface area contributed by atoms with Crippen molar-refractivity contribution in [3.05, 3.63) is 273 Å². The Bertz CT molecular complexity index is 4500. The van der Waals surface area contributed by atoms with Crippen molar-refractivity contribution in [2.24, 2.45) is 0 Å². The van der Waals surface area contributed by atoms with Crippen molar-refractivity contribution in [1.82, 2.24) is 9.55 Å². The quantitative estimate of drug-likeness (QED) is 0.121. The minimum Gasteiger partial charge on any atom is -0.509 e. The molecule has 6 nitrogen and oxygen atoms in total. The number of rotatable bonds is 11. The molecule has 1 aliphatic heterocycles. The summed E-state index contributed by atoms with van der Waals surface area (Å²) >= 11 is 0. The van der Waals surface area contributed by atoms with E-state index in [1.54, 1.807) is 36.0 Å². The molecule has 0 saturated carbocycles. The summed E-state index contributed by atoms with van der Waals surface area (Å²) in [6, 6.07) is 60.5. The molecule has 0 spiro atoms. The smallest absolute Gasteiger partial charge is 0.143 e. The predicted molar refractivity (Wildman–Crippen MR) is 311 cm³/mol. The fraction of sp³-hybridized carbons (Fsp3) is 0.0571. The van der Waals surface area contributed by atoms with Gasteiger partial charge in [-0.15, -0.1) is 48.1 Å². The zero-order valence-electron chi connectivity index (χ0n) is 51.9. The topological polar surface area (TPSA) is 42.8 Å². The summed E-state index contributed by atoms with van der Waals surface area (Å²) in [5.41, 5.74) is 7.60. The molecule has 0 bridgehead atoms. The number of fused-ring (bicyclic) bond motifs is 4. The molecule has 2 aromatic heterocycles. The molecule has 0 unspecified atom stereocenters. The van der Waals surface area contributed by atoms with Crippen LogP contribution in [0.3, 0.4) is 0 Å². The van der Waals surface area contributed by atoms with Gasteiger partial charge in [0, 0.05) is 89.7 Å². The Labute approximate surface area is 478 Å². The van der Waals surface area contributed by atoms with Crippen LogP contribution in [0, 0.1) is 18.8 Å². The number of nitrogens with zero attached hydrogens (tertiary/aromatic N) is 4. The van der Waals surface area contributed by atoms with Crippen molar-refractivity contribution in [1.29, 1.82) is 0 Å². The van der Waals surface area contributed by atoms with Gasteiger partial charge in [0.05, 0.1) is 13.7 Å². The SMILES string of the molecule is [2H]c1c([2H])c([2H])c(-c2cc(C(C)(C)C)cc(-c3c([2H])c([2H])c([2H])c([2H])c3[2H])c2N2[CH-]N(c3[c-]c(Oc4[c-]c5c(cc4)c4ccccc4n5-c4cc(Oc5c(-c6ccccc6)cccc5-c5ccccc5)ccn4)ccc3)c3ccccc32)c([2H])c1[2H].[Pt]. The van der Waals surface area contributed by atoms with E-state index in [9.17, 15) is 5.48 Å². The fourth-order valence-corrected chi connectivity index (χ4v) is 9.93. The van der Waals surface area contributed by atoms with E-state index in [0.29, 0.717) is 57.0 Å². The van der Waals surface area contributed by atoms with E-state index >= 15 is 0 Å². The van der Waals surface area contributed by atoms with Gasteiger partial charge in [0.15, 0.2) is 0 Å². The Kier molecular flexibility index (Phi) is 10.3. The van der Waals surface area contributed by atoms with Crippen LogP contribution in [0.15, 0.2) is 249 Å². The largest absolute Gasteiger partial charge is 0.509 e. The van der Waals surface area contributed by atoms with Crippen LogP contribution < -0.4 is 19.3 Å². The standard InChI is InChI=1S/C70H51N4O2.Pt/c1-70(2,3)52-42-61(50-26-12-6-13-27-50)68(62(43-52)51-28-14-7-15-29-51)73-47-72(64-36-18-19-37-65(64)73)53-30-20-31-54(44-53)75-55-38-39-60-59-32-16-17-35-63(59)74(66(60)45-55)67-46-56(40-41-71-67)76-69-57(48-22-8-4-9-23-48)33-21-34-58(69)49-24-10-5-11-25-49;/h4-43,46-47H,1-3H3;/q-3;/i6D,7D,12D,13D,14D,15D,26D,27D,28D,29D;. The summed E-state index contributed by atoms with van der Waals surface area (Å²) in [7, 11) is 0.